The Kier molecular flexibility index (Phi) is 6.31. The molecule has 0 spiro atoms. The summed E-state index contributed by atoms with van der Waals surface area (Å²) < 4.78 is 108. The number of carbonyl (C=O) groups excluding carboxylic acids is 1. The maximum Gasteiger partial charge on any atom is 0.393 e. The summed E-state index contributed by atoms with van der Waals surface area (Å²) in [5, 5.41) is -4.65. The zero-order valence-electron chi connectivity index (χ0n) is 11.9. The van der Waals surface area contributed by atoms with Crippen LogP contribution in [0.5, 0.6) is 0 Å². The normalized spacial score (nSPS) is 18.5. The van der Waals surface area contributed by atoms with Crippen molar-refractivity contribution in [3.8, 4) is 0 Å². The van der Waals surface area contributed by atoms with E-state index in [0.717, 1.165) is 0 Å². The topological polar surface area (TPSA) is 41.6 Å². The van der Waals surface area contributed by atoms with E-state index in [1.54, 1.807) is 4.90 Å². The first-order valence-corrected chi connectivity index (χ1v) is 6.91. The van der Waals surface area contributed by atoms with Crippen LogP contribution in [0.25, 0.3) is 0 Å². The van der Waals surface area contributed by atoms with Crippen molar-refractivity contribution in [3.63, 3.8) is 0 Å². The molecule has 1 N–H and O–H groups in total. The highest BCUT2D eigenvalue weighted by Crippen LogP contribution is 2.53. The Morgan fingerprint density at radius 2 is 1.50 bits per heavy atom. The van der Waals surface area contributed by atoms with Gasteiger partial charge < -0.3 is 10.1 Å². The highest BCUT2D eigenvalue weighted by Gasteiger charge is 2.82. The smallest absolute Gasteiger partial charge is 0.379 e. The lowest BCUT2D eigenvalue weighted by molar-refractivity contribution is -0.337. The van der Waals surface area contributed by atoms with Crippen molar-refractivity contribution in [2.45, 2.75) is 23.1 Å². The molecule has 24 heavy (non-hydrogen) atoms. The first-order valence-electron chi connectivity index (χ1n) is 6.53. The molecule has 1 heterocycles. The van der Waals surface area contributed by atoms with Crippen LogP contribution in [0.4, 0.5) is 35.1 Å². The summed E-state index contributed by atoms with van der Waals surface area (Å²) in [6.07, 6.45) is 0. The van der Waals surface area contributed by atoms with E-state index >= 15 is 0 Å². The Morgan fingerprint density at radius 3 is 1.96 bits per heavy atom. The summed E-state index contributed by atoms with van der Waals surface area (Å²) >= 11 is 3.78. The molecule has 4 nitrogen and oxygen atoms in total. The minimum Gasteiger partial charge on any atom is -0.379 e. The zero-order chi connectivity index (χ0) is 18.8. The van der Waals surface area contributed by atoms with Gasteiger partial charge in [0.2, 0.25) is 0 Å². The molecule has 0 radical (unpaired) electrons. The summed E-state index contributed by atoms with van der Waals surface area (Å²) in [5.41, 5.74) is 0. The van der Waals surface area contributed by atoms with Gasteiger partial charge in [-0.05, 0) is 11.6 Å². The van der Waals surface area contributed by atoms with Crippen molar-refractivity contribution >= 4 is 17.5 Å². The van der Waals surface area contributed by atoms with E-state index in [9.17, 15) is 39.9 Å². The van der Waals surface area contributed by atoms with Crippen LogP contribution in [0.1, 0.15) is 0 Å². The molecule has 0 unspecified atom stereocenters. The van der Waals surface area contributed by atoms with Gasteiger partial charge in [0.15, 0.2) is 0 Å². The number of ether oxygens (including phenoxy) is 1. The van der Waals surface area contributed by atoms with E-state index in [-0.39, 0.29) is 6.54 Å². The second kappa shape index (κ2) is 7.16. The molecular formula is C11H13ClF8N2O2. The number of hydrogen-bond donors (Lipinski definition) is 1. The van der Waals surface area contributed by atoms with E-state index in [2.05, 4.69) is 11.6 Å². The van der Waals surface area contributed by atoms with Gasteiger partial charge in [-0.15, -0.1) is 0 Å². The molecule has 0 aromatic rings. The van der Waals surface area contributed by atoms with Crippen molar-refractivity contribution in [1.82, 2.24) is 10.2 Å². The summed E-state index contributed by atoms with van der Waals surface area (Å²) in [5.74, 6) is -22.2. The van der Waals surface area contributed by atoms with E-state index in [0.29, 0.717) is 26.3 Å². The third-order valence-electron chi connectivity index (χ3n) is 3.25. The van der Waals surface area contributed by atoms with Crippen LogP contribution in [0.2, 0.25) is 0 Å². The van der Waals surface area contributed by atoms with Crippen LogP contribution < -0.4 is 5.32 Å². The van der Waals surface area contributed by atoms with Crippen LogP contribution in [0.15, 0.2) is 0 Å². The van der Waals surface area contributed by atoms with Crippen molar-refractivity contribution in [2.75, 3.05) is 39.4 Å². The Hall–Kier alpha value is -0.880. The molecule has 0 saturated carbocycles. The summed E-state index contributed by atoms with van der Waals surface area (Å²) in [4.78, 5) is 12.7. The van der Waals surface area contributed by atoms with E-state index in [1.807, 2.05) is 0 Å². The number of nitrogens with one attached hydrogen (secondary N) is 1. The first-order chi connectivity index (χ1) is 10.7. The number of alkyl halides is 9. The second-order valence-corrected chi connectivity index (χ2v) is 5.41. The molecule has 13 heteroatoms. The van der Waals surface area contributed by atoms with Crippen LogP contribution in [0, 0.1) is 0 Å². The third-order valence-corrected chi connectivity index (χ3v) is 3.48. The van der Waals surface area contributed by atoms with E-state index < -0.39 is 35.6 Å². The number of nitrogens with zero attached hydrogens (tertiary/aromatic N) is 1. The Balaban J connectivity index is 2.72. The van der Waals surface area contributed by atoms with Gasteiger partial charge in [-0.25, -0.2) is 0 Å². The van der Waals surface area contributed by atoms with Crippen molar-refractivity contribution < 1.29 is 44.7 Å². The number of hydrogen-bond acceptors (Lipinski definition) is 3. The zero-order valence-corrected chi connectivity index (χ0v) is 12.7. The summed E-state index contributed by atoms with van der Waals surface area (Å²) in [6.45, 7) is 0.822. The van der Waals surface area contributed by atoms with Gasteiger partial charge in [0.05, 0.1) is 13.2 Å². The molecule has 1 fully saturated rings. The molecule has 1 aliphatic heterocycles. The minimum absolute atomic E-state index is 0.0428. The highest BCUT2D eigenvalue weighted by molar-refractivity contribution is 6.22. The number of carbonyl (C=O) groups is 1. The molecule has 0 atom stereocenters. The molecule has 1 amide bonds. The Labute approximate surface area is 136 Å². The largest absolute Gasteiger partial charge is 0.393 e. The second-order valence-electron chi connectivity index (χ2n) is 4.93. The molecule has 1 rings (SSSR count). The van der Waals surface area contributed by atoms with Gasteiger partial charge in [0, 0.05) is 26.2 Å². The Morgan fingerprint density at radius 1 is 1.00 bits per heavy atom. The number of amides is 1. The van der Waals surface area contributed by atoms with Crippen LogP contribution in [-0.2, 0) is 9.53 Å². The highest BCUT2D eigenvalue weighted by atomic mass is 35.5. The molecule has 1 saturated heterocycles. The molecule has 0 aromatic heterocycles. The lowest BCUT2D eigenvalue weighted by Crippen LogP contribution is -2.65. The van der Waals surface area contributed by atoms with Crippen molar-refractivity contribution in [2.24, 2.45) is 0 Å². The van der Waals surface area contributed by atoms with Crippen molar-refractivity contribution in [3.05, 3.63) is 0 Å². The van der Waals surface area contributed by atoms with Gasteiger partial charge in [-0.1, -0.05) is 0 Å². The fraction of sp³-hybridized carbons (Fsp3) is 0.909. The molecule has 0 aliphatic carbocycles. The van der Waals surface area contributed by atoms with Crippen LogP contribution in [0.3, 0.4) is 0 Å². The average molecular weight is 393 g/mol. The number of rotatable bonds is 7. The van der Waals surface area contributed by atoms with Crippen LogP contribution in [-0.4, -0.2) is 73.3 Å². The van der Waals surface area contributed by atoms with E-state index in [1.165, 1.54) is 5.32 Å². The molecule has 0 bridgehead atoms. The predicted molar refractivity (Wildman–Crippen MR) is 65.9 cm³/mol. The standard InChI is InChI=1S/C11H13ClF8N2O2/c12-11(19,20)10(17,18)9(15,16)8(13,14)7(23)21-1-2-22-3-5-24-6-4-22/h1-6H2,(H,21,23). The third kappa shape index (κ3) is 4.02. The average Bonchev–Trinajstić information content (AvgIpc) is 2.46. The van der Waals surface area contributed by atoms with Gasteiger partial charge in [0.25, 0.3) is 5.91 Å². The molecule has 142 valence electrons. The Bertz CT molecular complexity index is 452. The number of morpholine rings is 1. The van der Waals surface area contributed by atoms with Gasteiger partial charge in [-0.3, -0.25) is 9.69 Å². The number of halogens is 9. The fourth-order valence-electron chi connectivity index (χ4n) is 1.78. The lowest BCUT2D eigenvalue weighted by atomic mass is 10.0. The quantitative estimate of drug-likeness (QED) is 0.533. The maximum atomic E-state index is 13.3. The predicted octanol–water partition coefficient (Wildman–Crippen LogP) is 2.17. The van der Waals surface area contributed by atoms with Gasteiger partial charge in [-0.2, -0.15) is 35.1 Å². The van der Waals surface area contributed by atoms with Gasteiger partial charge in [0.1, 0.15) is 0 Å². The molecule has 0 aromatic carbocycles. The van der Waals surface area contributed by atoms with Crippen molar-refractivity contribution in [1.29, 1.82) is 0 Å². The fourth-order valence-corrected chi connectivity index (χ4v) is 1.90. The monoisotopic (exact) mass is 392 g/mol. The van der Waals surface area contributed by atoms with Gasteiger partial charge >= 0.3 is 23.1 Å². The van der Waals surface area contributed by atoms with E-state index in [4.69, 9.17) is 4.74 Å². The maximum absolute atomic E-state index is 13.3. The molecule has 1 aliphatic rings. The summed E-state index contributed by atoms with van der Waals surface area (Å²) in [7, 11) is 0. The van der Waals surface area contributed by atoms with Crippen LogP contribution >= 0.6 is 11.6 Å². The molecular weight excluding hydrogens is 380 g/mol. The lowest BCUT2D eigenvalue weighted by Gasteiger charge is -2.33. The summed E-state index contributed by atoms with van der Waals surface area (Å²) in [6, 6.07) is 0. The minimum atomic E-state index is -6.70. The SMILES string of the molecule is O=C(NCCN1CCOCC1)C(F)(F)C(F)(F)C(F)(F)C(F)(F)Cl. The first kappa shape index (κ1) is 21.2.